The van der Waals surface area contributed by atoms with Gasteiger partial charge in [0.1, 0.15) is 5.58 Å². The summed E-state index contributed by atoms with van der Waals surface area (Å²) < 4.78 is 8.12. The minimum absolute atomic E-state index is 0.903. The summed E-state index contributed by atoms with van der Waals surface area (Å²) in [5.41, 5.74) is 6.74. The van der Waals surface area contributed by atoms with Crippen LogP contribution in [0.4, 0.5) is 0 Å². The first-order valence-corrected chi connectivity index (χ1v) is 12.1. The van der Waals surface area contributed by atoms with Crippen LogP contribution in [0, 0.1) is 0 Å². The highest BCUT2D eigenvalue weighted by Gasteiger charge is 2.17. The second-order valence-electron chi connectivity index (χ2n) is 9.30. The smallest absolute Gasteiger partial charge is 0.134 e. The molecule has 0 radical (unpaired) electrons. The lowest BCUT2D eigenvalue weighted by Gasteiger charge is -2.13. The molecule has 168 valence electrons. The van der Waals surface area contributed by atoms with Gasteiger partial charge in [0, 0.05) is 39.8 Å². The van der Waals surface area contributed by atoms with Crippen LogP contribution in [0.3, 0.4) is 0 Å². The Morgan fingerprint density at radius 2 is 1.47 bits per heavy atom. The third kappa shape index (κ3) is 2.71. The fraction of sp³-hybridized carbons (Fsp3) is 0. The number of benzene rings is 5. The number of rotatable bonds is 2. The molecular formula is C33H20N2O. The van der Waals surface area contributed by atoms with E-state index in [0.29, 0.717) is 0 Å². The van der Waals surface area contributed by atoms with Crippen LogP contribution in [0.15, 0.2) is 126 Å². The summed E-state index contributed by atoms with van der Waals surface area (Å²) in [5, 5.41) is 8.45. The zero-order valence-corrected chi connectivity index (χ0v) is 19.3. The molecule has 0 saturated heterocycles. The highest BCUT2D eigenvalue weighted by Crippen LogP contribution is 2.41. The van der Waals surface area contributed by atoms with Crippen molar-refractivity contribution in [3.05, 3.63) is 122 Å². The molecule has 0 spiro atoms. The standard InChI is InChI=1S/C33H20N2O/c1-2-8-24(9-3-1)35-31-11-5-4-10-25(31)30-18-28-27-15-21-12-14-36-33(21)17-23(27)16-26(29(28)19-32(30)35)22-7-6-13-34-20-22/h1-20H. The van der Waals surface area contributed by atoms with Gasteiger partial charge in [0.25, 0.3) is 0 Å². The first kappa shape index (κ1) is 19.4. The van der Waals surface area contributed by atoms with Crippen molar-refractivity contribution < 1.29 is 4.42 Å². The summed E-state index contributed by atoms with van der Waals surface area (Å²) in [7, 11) is 0. The molecule has 5 aromatic carbocycles. The predicted molar refractivity (Wildman–Crippen MR) is 149 cm³/mol. The lowest BCUT2D eigenvalue weighted by Crippen LogP contribution is -1.93. The molecule has 36 heavy (non-hydrogen) atoms. The molecule has 8 rings (SSSR count). The summed E-state index contributed by atoms with van der Waals surface area (Å²) in [4.78, 5) is 4.43. The van der Waals surface area contributed by atoms with E-state index in [0.717, 1.165) is 27.6 Å². The lowest BCUT2D eigenvalue weighted by molar-refractivity contribution is 0.616. The van der Waals surface area contributed by atoms with E-state index in [9.17, 15) is 0 Å². The minimum Gasteiger partial charge on any atom is -0.464 e. The van der Waals surface area contributed by atoms with Gasteiger partial charge in [0.2, 0.25) is 0 Å². The Balaban J connectivity index is 1.61. The van der Waals surface area contributed by atoms with Crippen molar-refractivity contribution in [3.8, 4) is 16.8 Å². The van der Waals surface area contributed by atoms with E-state index >= 15 is 0 Å². The van der Waals surface area contributed by atoms with Crippen molar-refractivity contribution in [2.75, 3.05) is 0 Å². The van der Waals surface area contributed by atoms with Crippen LogP contribution in [0.25, 0.3) is 71.1 Å². The fourth-order valence-electron chi connectivity index (χ4n) is 5.69. The molecule has 3 heterocycles. The van der Waals surface area contributed by atoms with Gasteiger partial charge < -0.3 is 8.98 Å². The largest absolute Gasteiger partial charge is 0.464 e. The molecule has 8 aromatic rings. The maximum atomic E-state index is 5.75. The van der Waals surface area contributed by atoms with Gasteiger partial charge >= 0.3 is 0 Å². The average Bonchev–Trinajstić information content (AvgIpc) is 3.53. The number of aromatic nitrogens is 2. The van der Waals surface area contributed by atoms with Gasteiger partial charge in [-0.1, -0.05) is 42.5 Å². The van der Waals surface area contributed by atoms with Crippen LogP contribution < -0.4 is 0 Å². The Kier molecular flexibility index (Phi) is 3.94. The van der Waals surface area contributed by atoms with Gasteiger partial charge in [-0.05, 0) is 87.8 Å². The molecule has 3 aromatic heterocycles. The number of nitrogens with zero attached hydrogens (tertiary/aromatic N) is 2. The number of hydrogen-bond donors (Lipinski definition) is 0. The lowest BCUT2D eigenvalue weighted by atomic mass is 9.92. The monoisotopic (exact) mass is 460 g/mol. The Labute approximate surface area is 206 Å². The molecule has 0 fully saturated rings. The topological polar surface area (TPSA) is 31.0 Å². The quantitative estimate of drug-likeness (QED) is 0.241. The van der Waals surface area contributed by atoms with Crippen molar-refractivity contribution in [2.24, 2.45) is 0 Å². The SMILES string of the molecule is c1ccc(-n2c3ccccc3c3cc4c(cc32)c(-c2cccnc2)cc2cc3occc3cc24)cc1. The average molecular weight is 461 g/mol. The Bertz CT molecular complexity index is 2080. The van der Waals surface area contributed by atoms with Gasteiger partial charge in [-0.15, -0.1) is 0 Å². The summed E-state index contributed by atoms with van der Waals surface area (Å²) in [5.74, 6) is 0. The fourth-order valence-corrected chi connectivity index (χ4v) is 5.69. The molecule has 3 heteroatoms. The zero-order chi connectivity index (χ0) is 23.6. The van der Waals surface area contributed by atoms with E-state index in [2.05, 4.69) is 101 Å². The highest BCUT2D eigenvalue weighted by atomic mass is 16.3. The van der Waals surface area contributed by atoms with Crippen LogP contribution in [0.1, 0.15) is 0 Å². The van der Waals surface area contributed by atoms with Gasteiger partial charge in [0.05, 0.1) is 17.3 Å². The van der Waals surface area contributed by atoms with E-state index in [1.807, 2.05) is 24.5 Å². The number of furan rings is 1. The van der Waals surface area contributed by atoms with Crippen molar-refractivity contribution in [3.63, 3.8) is 0 Å². The van der Waals surface area contributed by atoms with E-state index in [-0.39, 0.29) is 0 Å². The maximum Gasteiger partial charge on any atom is 0.134 e. The summed E-state index contributed by atoms with van der Waals surface area (Å²) >= 11 is 0. The Hall–Kier alpha value is -4.89. The number of fused-ring (bicyclic) bond motifs is 7. The molecular weight excluding hydrogens is 440 g/mol. The molecule has 0 aliphatic rings. The first-order valence-electron chi connectivity index (χ1n) is 12.1. The second-order valence-corrected chi connectivity index (χ2v) is 9.30. The molecule has 0 saturated carbocycles. The van der Waals surface area contributed by atoms with Gasteiger partial charge in [-0.25, -0.2) is 0 Å². The molecule has 3 nitrogen and oxygen atoms in total. The second kappa shape index (κ2) is 7.30. The normalized spacial score (nSPS) is 11.9. The Morgan fingerprint density at radius 1 is 0.583 bits per heavy atom. The van der Waals surface area contributed by atoms with Crippen LogP contribution in [-0.4, -0.2) is 9.55 Å². The molecule has 0 unspecified atom stereocenters. The summed E-state index contributed by atoms with van der Waals surface area (Å²) in [6.07, 6.45) is 5.53. The van der Waals surface area contributed by atoms with Crippen molar-refractivity contribution in [2.45, 2.75) is 0 Å². The molecule has 0 aliphatic carbocycles. The van der Waals surface area contributed by atoms with Gasteiger partial charge in [-0.3, -0.25) is 4.98 Å². The Morgan fingerprint density at radius 3 is 2.36 bits per heavy atom. The van der Waals surface area contributed by atoms with E-state index < -0.39 is 0 Å². The maximum absolute atomic E-state index is 5.75. The van der Waals surface area contributed by atoms with Crippen LogP contribution in [0.5, 0.6) is 0 Å². The van der Waals surface area contributed by atoms with Crippen molar-refractivity contribution in [1.82, 2.24) is 9.55 Å². The molecule has 0 aliphatic heterocycles. The third-order valence-electron chi connectivity index (χ3n) is 7.30. The minimum atomic E-state index is 0.903. The van der Waals surface area contributed by atoms with Crippen LogP contribution in [0.2, 0.25) is 0 Å². The molecule has 0 bridgehead atoms. The predicted octanol–water partition coefficient (Wildman–Crippen LogP) is 8.90. The third-order valence-corrected chi connectivity index (χ3v) is 7.30. The molecule has 0 amide bonds. The highest BCUT2D eigenvalue weighted by molar-refractivity contribution is 6.22. The zero-order valence-electron chi connectivity index (χ0n) is 19.3. The molecule has 0 N–H and O–H groups in total. The summed E-state index contributed by atoms with van der Waals surface area (Å²) in [6.45, 7) is 0. The first-order chi connectivity index (χ1) is 17.8. The number of para-hydroxylation sites is 2. The van der Waals surface area contributed by atoms with Gasteiger partial charge in [0.15, 0.2) is 0 Å². The molecule has 0 atom stereocenters. The van der Waals surface area contributed by atoms with E-state index in [1.165, 1.54) is 43.5 Å². The van der Waals surface area contributed by atoms with Gasteiger partial charge in [-0.2, -0.15) is 0 Å². The number of hydrogen-bond acceptors (Lipinski definition) is 2. The van der Waals surface area contributed by atoms with Crippen molar-refractivity contribution >= 4 is 54.3 Å². The van der Waals surface area contributed by atoms with Crippen LogP contribution >= 0.6 is 0 Å². The van der Waals surface area contributed by atoms with Crippen LogP contribution in [-0.2, 0) is 0 Å². The van der Waals surface area contributed by atoms with E-state index in [4.69, 9.17) is 4.42 Å². The summed E-state index contributed by atoms with van der Waals surface area (Å²) in [6, 6.07) is 36.9. The van der Waals surface area contributed by atoms with E-state index in [1.54, 1.807) is 6.26 Å². The number of pyridine rings is 1. The van der Waals surface area contributed by atoms with Crippen molar-refractivity contribution in [1.29, 1.82) is 0 Å².